The van der Waals surface area contributed by atoms with E-state index in [1.165, 1.54) is 5.56 Å². The first-order valence-corrected chi connectivity index (χ1v) is 5.23. The van der Waals surface area contributed by atoms with Gasteiger partial charge in [0.25, 0.3) is 0 Å². The van der Waals surface area contributed by atoms with E-state index in [-0.39, 0.29) is 0 Å². The monoisotopic (exact) mass is 191 g/mol. The van der Waals surface area contributed by atoms with Gasteiger partial charge in [0.2, 0.25) is 0 Å². The summed E-state index contributed by atoms with van der Waals surface area (Å²) in [5.41, 5.74) is 1.20. The molecule has 14 heavy (non-hydrogen) atoms. The van der Waals surface area contributed by atoms with E-state index in [1.807, 2.05) is 12.1 Å². The van der Waals surface area contributed by atoms with Crippen LogP contribution in [0.5, 0.6) is 0 Å². The van der Waals surface area contributed by atoms with E-state index in [1.54, 1.807) is 12.4 Å². The number of unbranched alkanes of at least 4 members (excludes halogenated alkanes) is 1. The molecule has 0 N–H and O–H groups in total. The SMILES string of the molecule is CCCCC(=O)CCc1ccncc1. The van der Waals surface area contributed by atoms with Gasteiger partial charge in [0.05, 0.1) is 0 Å². The molecule has 1 rings (SSSR count). The quantitative estimate of drug-likeness (QED) is 0.692. The molecule has 1 heterocycles. The van der Waals surface area contributed by atoms with Crippen LogP contribution in [0.1, 0.15) is 38.2 Å². The lowest BCUT2D eigenvalue weighted by molar-refractivity contribution is -0.119. The standard InChI is InChI=1S/C12H17NO/c1-2-3-4-12(14)6-5-11-7-9-13-10-8-11/h7-10H,2-6H2,1H3. The second kappa shape index (κ2) is 6.30. The summed E-state index contributed by atoms with van der Waals surface area (Å²) < 4.78 is 0. The second-order valence-corrected chi connectivity index (χ2v) is 3.50. The molecule has 0 fully saturated rings. The van der Waals surface area contributed by atoms with Crippen molar-refractivity contribution in [3.05, 3.63) is 30.1 Å². The zero-order valence-corrected chi connectivity index (χ0v) is 8.70. The fraction of sp³-hybridized carbons (Fsp3) is 0.500. The van der Waals surface area contributed by atoms with E-state index in [2.05, 4.69) is 11.9 Å². The highest BCUT2D eigenvalue weighted by Crippen LogP contribution is 2.04. The van der Waals surface area contributed by atoms with E-state index >= 15 is 0 Å². The lowest BCUT2D eigenvalue weighted by atomic mass is 10.1. The van der Waals surface area contributed by atoms with Crippen LogP contribution in [0.25, 0.3) is 0 Å². The zero-order valence-electron chi connectivity index (χ0n) is 8.70. The van der Waals surface area contributed by atoms with Crippen LogP contribution in [0.15, 0.2) is 24.5 Å². The van der Waals surface area contributed by atoms with Gasteiger partial charge in [0, 0.05) is 25.2 Å². The number of ketones is 1. The van der Waals surface area contributed by atoms with Crippen LogP contribution < -0.4 is 0 Å². The molecule has 0 bridgehead atoms. The van der Waals surface area contributed by atoms with Crippen LogP contribution in [0.4, 0.5) is 0 Å². The summed E-state index contributed by atoms with van der Waals surface area (Å²) in [7, 11) is 0. The number of hydrogen-bond acceptors (Lipinski definition) is 2. The molecule has 2 heteroatoms. The van der Waals surface area contributed by atoms with Gasteiger partial charge in [-0.3, -0.25) is 9.78 Å². The number of carbonyl (C=O) groups is 1. The van der Waals surface area contributed by atoms with Crippen molar-refractivity contribution < 1.29 is 4.79 Å². The molecule has 0 aliphatic carbocycles. The number of carbonyl (C=O) groups excluding carboxylic acids is 1. The zero-order chi connectivity index (χ0) is 10.2. The van der Waals surface area contributed by atoms with Gasteiger partial charge in [-0.15, -0.1) is 0 Å². The second-order valence-electron chi connectivity index (χ2n) is 3.50. The molecule has 0 spiro atoms. The third kappa shape index (κ3) is 4.17. The van der Waals surface area contributed by atoms with Crippen molar-refractivity contribution in [2.24, 2.45) is 0 Å². The van der Waals surface area contributed by atoms with Gasteiger partial charge >= 0.3 is 0 Å². The number of Topliss-reactive ketones (excluding diaryl/α,β-unsaturated/α-hetero) is 1. The molecule has 2 nitrogen and oxygen atoms in total. The first kappa shape index (κ1) is 10.9. The van der Waals surface area contributed by atoms with Gasteiger partial charge in [-0.1, -0.05) is 13.3 Å². The maximum absolute atomic E-state index is 11.4. The maximum atomic E-state index is 11.4. The Morgan fingerprint density at radius 2 is 2.00 bits per heavy atom. The van der Waals surface area contributed by atoms with Crippen LogP contribution in [-0.4, -0.2) is 10.8 Å². The highest BCUT2D eigenvalue weighted by molar-refractivity contribution is 5.78. The molecule has 0 saturated carbocycles. The molecule has 76 valence electrons. The Morgan fingerprint density at radius 1 is 1.29 bits per heavy atom. The smallest absolute Gasteiger partial charge is 0.133 e. The van der Waals surface area contributed by atoms with Gasteiger partial charge in [-0.25, -0.2) is 0 Å². The summed E-state index contributed by atoms with van der Waals surface area (Å²) in [5.74, 6) is 0.378. The molecule has 0 atom stereocenters. The first-order valence-electron chi connectivity index (χ1n) is 5.23. The lowest BCUT2D eigenvalue weighted by Gasteiger charge is -2.00. The minimum absolute atomic E-state index is 0.378. The van der Waals surface area contributed by atoms with Crippen molar-refractivity contribution in [2.45, 2.75) is 39.0 Å². The Balaban J connectivity index is 2.24. The van der Waals surface area contributed by atoms with Crippen molar-refractivity contribution in [3.8, 4) is 0 Å². The minimum Gasteiger partial charge on any atom is -0.300 e. The van der Waals surface area contributed by atoms with E-state index in [0.717, 1.165) is 25.7 Å². The number of aryl methyl sites for hydroxylation is 1. The minimum atomic E-state index is 0.378. The summed E-state index contributed by atoms with van der Waals surface area (Å²) in [4.78, 5) is 15.3. The molecule has 0 aliphatic heterocycles. The molecule has 0 amide bonds. The van der Waals surface area contributed by atoms with Crippen LogP contribution in [0, 0.1) is 0 Å². The molecule has 0 aliphatic rings. The molecule has 0 aromatic carbocycles. The van der Waals surface area contributed by atoms with Crippen LogP contribution in [0.2, 0.25) is 0 Å². The molecule has 0 radical (unpaired) electrons. The average molecular weight is 191 g/mol. The average Bonchev–Trinajstić information content (AvgIpc) is 2.25. The fourth-order valence-electron chi connectivity index (χ4n) is 1.33. The normalized spacial score (nSPS) is 10.1. The Bertz CT molecular complexity index is 269. The maximum Gasteiger partial charge on any atom is 0.133 e. The van der Waals surface area contributed by atoms with Crippen molar-refractivity contribution in [3.63, 3.8) is 0 Å². The fourth-order valence-corrected chi connectivity index (χ4v) is 1.33. The van der Waals surface area contributed by atoms with Crippen LogP contribution in [0.3, 0.4) is 0 Å². The van der Waals surface area contributed by atoms with E-state index in [4.69, 9.17) is 0 Å². The number of hydrogen-bond donors (Lipinski definition) is 0. The van der Waals surface area contributed by atoms with Crippen LogP contribution >= 0.6 is 0 Å². The summed E-state index contributed by atoms with van der Waals surface area (Å²) in [6.45, 7) is 2.11. The molecule has 0 unspecified atom stereocenters. The number of aromatic nitrogens is 1. The largest absolute Gasteiger partial charge is 0.300 e. The van der Waals surface area contributed by atoms with E-state index in [9.17, 15) is 4.79 Å². The summed E-state index contributed by atoms with van der Waals surface area (Å²) >= 11 is 0. The third-order valence-electron chi connectivity index (χ3n) is 2.25. The Labute approximate surface area is 85.4 Å². The van der Waals surface area contributed by atoms with Crippen LogP contribution in [-0.2, 0) is 11.2 Å². The highest BCUT2D eigenvalue weighted by atomic mass is 16.1. The lowest BCUT2D eigenvalue weighted by Crippen LogP contribution is -1.99. The van der Waals surface area contributed by atoms with Crippen molar-refractivity contribution in [2.75, 3.05) is 0 Å². The topological polar surface area (TPSA) is 30.0 Å². The van der Waals surface area contributed by atoms with Crippen molar-refractivity contribution >= 4 is 5.78 Å². The van der Waals surface area contributed by atoms with E-state index < -0.39 is 0 Å². The number of nitrogens with zero attached hydrogens (tertiary/aromatic N) is 1. The van der Waals surface area contributed by atoms with Gasteiger partial charge < -0.3 is 0 Å². The molecule has 0 saturated heterocycles. The Morgan fingerprint density at radius 3 is 2.64 bits per heavy atom. The highest BCUT2D eigenvalue weighted by Gasteiger charge is 2.01. The number of pyridine rings is 1. The predicted molar refractivity (Wildman–Crippen MR) is 57.1 cm³/mol. The van der Waals surface area contributed by atoms with E-state index in [0.29, 0.717) is 12.2 Å². The van der Waals surface area contributed by atoms with Crippen molar-refractivity contribution in [1.29, 1.82) is 0 Å². The predicted octanol–water partition coefficient (Wildman–Crippen LogP) is 2.77. The van der Waals surface area contributed by atoms with Gasteiger partial charge in [-0.2, -0.15) is 0 Å². The first-order chi connectivity index (χ1) is 6.83. The Kier molecular flexibility index (Phi) is 4.90. The summed E-state index contributed by atoms with van der Waals surface area (Å²) in [6.07, 6.45) is 7.92. The van der Waals surface area contributed by atoms with Gasteiger partial charge in [0.15, 0.2) is 0 Å². The molecule has 1 aromatic heterocycles. The summed E-state index contributed by atoms with van der Waals surface area (Å²) in [5, 5.41) is 0. The third-order valence-corrected chi connectivity index (χ3v) is 2.25. The number of rotatable bonds is 6. The van der Waals surface area contributed by atoms with Gasteiger partial charge in [-0.05, 0) is 30.5 Å². The Hall–Kier alpha value is -1.18. The summed E-state index contributed by atoms with van der Waals surface area (Å²) in [6, 6.07) is 3.93. The van der Waals surface area contributed by atoms with Crippen molar-refractivity contribution in [1.82, 2.24) is 4.98 Å². The molecular weight excluding hydrogens is 174 g/mol. The van der Waals surface area contributed by atoms with Gasteiger partial charge in [0.1, 0.15) is 5.78 Å². The molecule has 1 aromatic rings. The molecular formula is C12H17NO.